The van der Waals surface area contributed by atoms with E-state index in [0.717, 1.165) is 0 Å². The highest BCUT2D eigenvalue weighted by Crippen LogP contribution is 2.35. The summed E-state index contributed by atoms with van der Waals surface area (Å²) in [7, 11) is 1.50. The number of methoxy groups -OCH3 is 1. The molecular formula is C14H12FN3O2. The highest BCUT2D eigenvalue weighted by molar-refractivity contribution is 6.04. The molecule has 1 aromatic heterocycles. The zero-order chi connectivity index (χ0) is 14.1. The molecule has 1 aliphatic heterocycles. The summed E-state index contributed by atoms with van der Waals surface area (Å²) in [5, 5.41) is 5.73. The molecule has 1 aliphatic rings. The summed E-state index contributed by atoms with van der Waals surface area (Å²) >= 11 is 0. The van der Waals surface area contributed by atoms with Gasteiger partial charge in [-0.3, -0.25) is 4.79 Å². The summed E-state index contributed by atoms with van der Waals surface area (Å²) in [5.41, 5.74) is 1.75. The first-order chi connectivity index (χ1) is 9.69. The van der Waals surface area contributed by atoms with Crippen molar-refractivity contribution < 1.29 is 13.9 Å². The Morgan fingerprint density at radius 1 is 1.40 bits per heavy atom. The highest BCUT2D eigenvalue weighted by atomic mass is 19.1. The molecule has 2 N–H and O–H groups in total. The Hall–Kier alpha value is -2.63. The lowest BCUT2D eigenvalue weighted by atomic mass is 10.1. The van der Waals surface area contributed by atoms with Crippen molar-refractivity contribution in [2.45, 2.75) is 6.04 Å². The van der Waals surface area contributed by atoms with Crippen LogP contribution < -0.4 is 15.4 Å². The summed E-state index contributed by atoms with van der Waals surface area (Å²) in [4.78, 5) is 16.0. The Bertz CT molecular complexity index is 675. The first-order valence-electron chi connectivity index (χ1n) is 6.05. The lowest BCUT2D eigenvalue weighted by Gasteiger charge is -2.14. The van der Waals surface area contributed by atoms with E-state index in [-0.39, 0.29) is 11.7 Å². The van der Waals surface area contributed by atoms with Gasteiger partial charge in [0.1, 0.15) is 11.9 Å². The van der Waals surface area contributed by atoms with E-state index in [1.54, 1.807) is 24.4 Å². The maximum absolute atomic E-state index is 13.3. The fourth-order valence-corrected chi connectivity index (χ4v) is 2.19. The molecule has 0 saturated heterocycles. The number of fused-ring (bicyclic) bond motifs is 1. The van der Waals surface area contributed by atoms with Gasteiger partial charge in [-0.25, -0.2) is 9.37 Å². The van der Waals surface area contributed by atoms with E-state index < -0.39 is 6.04 Å². The van der Waals surface area contributed by atoms with Gasteiger partial charge in [0.2, 0.25) is 5.88 Å². The molecule has 1 aromatic carbocycles. The molecule has 20 heavy (non-hydrogen) atoms. The Morgan fingerprint density at radius 3 is 3.05 bits per heavy atom. The highest BCUT2D eigenvalue weighted by Gasteiger charge is 2.31. The number of pyridine rings is 1. The predicted molar refractivity (Wildman–Crippen MR) is 72.2 cm³/mol. The zero-order valence-corrected chi connectivity index (χ0v) is 10.7. The van der Waals surface area contributed by atoms with E-state index in [2.05, 4.69) is 15.6 Å². The van der Waals surface area contributed by atoms with Crippen molar-refractivity contribution in [3.8, 4) is 5.88 Å². The molecule has 0 fully saturated rings. The number of rotatable bonds is 3. The number of amides is 1. The second kappa shape index (κ2) is 4.80. The molecule has 3 rings (SSSR count). The van der Waals surface area contributed by atoms with Gasteiger partial charge in [0.15, 0.2) is 0 Å². The molecule has 1 unspecified atom stereocenters. The standard InChI is InChI=1S/C14H12FN3O2/c1-20-14-11(3-2-6-16-14)17-12-9-7-8(15)4-5-10(9)18-13(12)19/h2-7,12,17H,1H3,(H,18,19). The molecule has 2 aromatic rings. The molecule has 0 spiro atoms. The third kappa shape index (κ3) is 2.05. The first kappa shape index (κ1) is 12.4. The number of anilines is 2. The van der Waals surface area contributed by atoms with Gasteiger partial charge < -0.3 is 15.4 Å². The Kier molecular flexibility index (Phi) is 2.98. The largest absolute Gasteiger partial charge is 0.480 e. The SMILES string of the molecule is COc1ncccc1NC1C(=O)Nc2ccc(F)cc21. The van der Waals surface area contributed by atoms with Crippen LogP contribution >= 0.6 is 0 Å². The molecule has 6 heteroatoms. The van der Waals surface area contributed by atoms with Gasteiger partial charge in [0.05, 0.1) is 12.8 Å². The monoisotopic (exact) mass is 273 g/mol. The van der Waals surface area contributed by atoms with Crippen LogP contribution in [0.4, 0.5) is 15.8 Å². The number of halogens is 1. The van der Waals surface area contributed by atoms with Gasteiger partial charge in [-0.1, -0.05) is 0 Å². The summed E-state index contributed by atoms with van der Waals surface area (Å²) in [6.07, 6.45) is 1.59. The first-order valence-corrected chi connectivity index (χ1v) is 6.05. The van der Waals surface area contributed by atoms with Crippen molar-refractivity contribution in [1.29, 1.82) is 0 Å². The summed E-state index contributed by atoms with van der Waals surface area (Å²) in [5.74, 6) is -0.244. The number of carbonyl (C=O) groups is 1. The average molecular weight is 273 g/mol. The molecule has 1 amide bonds. The number of nitrogens with zero attached hydrogens (tertiary/aromatic N) is 1. The lowest BCUT2D eigenvalue weighted by molar-refractivity contribution is -0.116. The minimum atomic E-state index is -0.668. The number of nitrogens with one attached hydrogen (secondary N) is 2. The maximum Gasteiger partial charge on any atom is 0.251 e. The van der Waals surface area contributed by atoms with Crippen molar-refractivity contribution in [2.24, 2.45) is 0 Å². The van der Waals surface area contributed by atoms with Crippen molar-refractivity contribution in [1.82, 2.24) is 4.98 Å². The fourth-order valence-electron chi connectivity index (χ4n) is 2.19. The van der Waals surface area contributed by atoms with Crippen LogP contribution in [0.1, 0.15) is 11.6 Å². The Balaban J connectivity index is 1.96. The van der Waals surface area contributed by atoms with Crippen LogP contribution in [0, 0.1) is 5.82 Å². The minimum absolute atomic E-state index is 0.239. The van der Waals surface area contributed by atoms with E-state index in [1.807, 2.05) is 0 Å². The molecular weight excluding hydrogens is 261 g/mol. The average Bonchev–Trinajstić information content (AvgIpc) is 2.76. The molecule has 102 valence electrons. The molecule has 0 saturated carbocycles. The quantitative estimate of drug-likeness (QED) is 0.901. The van der Waals surface area contributed by atoms with Gasteiger partial charge >= 0.3 is 0 Å². The fraction of sp³-hybridized carbons (Fsp3) is 0.143. The van der Waals surface area contributed by atoms with Crippen molar-refractivity contribution in [3.63, 3.8) is 0 Å². The van der Waals surface area contributed by atoms with Crippen LogP contribution in [-0.2, 0) is 4.79 Å². The van der Waals surface area contributed by atoms with E-state index in [4.69, 9.17) is 4.74 Å². The van der Waals surface area contributed by atoms with Crippen LogP contribution in [0.2, 0.25) is 0 Å². The zero-order valence-electron chi connectivity index (χ0n) is 10.7. The molecule has 5 nitrogen and oxygen atoms in total. The number of benzene rings is 1. The summed E-state index contributed by atoms with van der Waals surface area (Å²) in [6.45, 7) is 0. The number of ether oxygens (including phenoxy) is 1. The van der Waals surface area contributed by atoms with Crippen LogP contribution in [0.25, 0.3) is 0 Å². The summed E-state index contributed by atoms with van der Waals surface area (Å²) < 4.78 is 18.5. The number of hydrogen-bond donors (Lipinski definition) is 2. The lowest BCUT2D eigenvalue weighted by Crippen LogP contribution is -2.20. The van der Waals surface area contributed by atoms with Crippen molar-refractivity contribution in [3.05, 3.63) is 47.9 Å². The van der Waals surface area contributed by atoms with E-state index in [0.29, 0.717) is 22.8 Å². The number of aromatic nitrogens is 1. The Morgan fingerprint density at radius 2 is 2.25 bits per heavy atom. The molecule has 1 atom stereocenters. The van der Waals surface area contributed by atoms with Crippen LogP contribution in [0.5, 0.6) is 5.88 Å². The predicted octanol–water partition coefficient (Wildman–Crippen LogP) is 2.33. The van der Waals surface area contributed by atoms with Crippen LogP contribution in [0.3, 0.4) is 0 Å². The van der Waals surface area contributed by atoms with Gasteiger partial charge in [0, 0.05) is 17.4 Å². The van der Waals surface area contributed by atoms with E-state index >= 15 is 0 Å². The number of hydrogen-bond acceptors (Lipinski definition) is 4. The second-order valence-corrected chi connectivity index (χ2v) is 4.36. The molecule has 0 aliphatic carbocycles. The minimum Gasteiger partial charge on any atom is -0.480 e. The van der Waals surface area contributed by atoms with Gasteiger partial charge in [0.25, 0.3) is 5.91 Å². The third-order valence-electron chi connectivity index (χ3n) is 3.11. The smallest absolute Gasteiger partial charge is 0.251 e. The van der Waals surface area contributed by atoms with Gasteiger partial charge in [-0.05, 0) is 30.3 Å². The number of carbonyl (C=O) groups excluding carboxylic acids is 1. The second-order valence-electron chi connectivity index (χ2n) is 4.36. The van der Waals surface area contributed by atoms with Crippen molar-refractivity contribution >= 4 is 17.3 Å². The Labute approximate surface area is 114 Å². The van der Waals surface area contributed by atoms with Gasteiger partial charge in [-0.15, -0.1) is 0 Å². The van der Waals surface area contributed by atoms with Crippen molar-refractivity contribution in [2.75, 3.05) is 17.7 Å². The molecule has 2 heterocycles. The normalized spacial score (nSPS) is 16.5. The third-order valence-corrected chi connectivity index (χ3v) is 3.11. The molecule has 0 bridgehead atoms. The summed E-state index contributed by atoms with van der Waals surface area (Å²) in [6, 6.07) is 7.00. The van der Waals surface area contributed by atoms with Gasteiger partial charge in [-0.2, -0.15) is 0 Å². The van der Waals surface area contributed by atoms with Crippen LogP contribution in [-0.4, -0.2) is 18.0 Å². The topological polar surface area (TPSA) is 63.2 Å². The van der Waals surface area contributed by atoms with Crippen LogP contribution in [0.15, 0.2) is 36.5 Å². The maximum atomic E-state index is 13.3. The molecule has 0 radical (unpaired) electrons. The van der Waals surface area contributed by atoms with E-state index in [1.165, 1.54) is 19.2 Å². The van der Waals surface area contributed by atoms with E-state index in [9.17, 15) is 9.18 Å².